The van der Waals surface area contributed by atoms with Crippen molar-refractivity contribution in [2.75, 3.05) is 11.5 Å². The Morgan fingerprint density at radius 3 is 2.89 bits per heavy atom. The highest BCUT2D eigenvalue weighted by molar-refractivity contribution is 9.10. The number of carbonyl (C=O) groups excluding carboxylic acids is 1. The first kappa shape index (κ1) is 15.4. The molecule has 2 rings (SSSR count). The average molecular weight is 363 g/mol. The van der Waals surface area contributed by atoms with E-state index in [2.05, 4.69) is 34.9 Å². The number of hydrogen-bond acceptors (Lipinski definition) is 4. The molecule has 1 aliphatic heterocycles. The fourth-order valence-electron chi connectivity index (χ4n) is 2.27. The van der Waals surface area contributed by atoms with Gasteiger partial charge in [0.15, 0.2) is 5.78 Å². The molecule has 0 amide bonds. The first-order valence-electron chi connectivity index (χ1n) is 6.67. The summed E-state index contributed by atoms with van der Waals surface area (Å²) in [6.07, 6.45) is 3.77. The van der Waals surface area contributed by atoms with Crippen molar-refractivity contribution in [2.45, 2.75) is 43.7 Å². The highest BCUT2D eigenvalue weighted by Gasteiger charge is 2.34. The van der Waals surface area contributed by atoms with Gasteiger partial charge < -0.3 is 0 Å². The molecule has 0 radical (unpaired) electrons. The molecule has 1 saturated heterocycles. The van der Waals surface area contributed by atoms with Crippen LogP contribution in [0.25, 0.3) is 0 Å². The third-order valence-electron chi connectivity index (χ3n) is 3.17. The molecule has 0 N–H and O–H groups in total. The molecule has 0 bridgehead atoms. The van der Waals surface area contributed by atoms with Gasteiger partial charge in [-0.2, -0.15) is 16.9 Å². The zero-order valence-corrected chi connectivity index (χ0v) is 14.5. The van der Waals surface area contributed by atoms with Crippen LogP contribution in [0.5, 0.6) is 0 Å². The van der Waals surface area contributed by atoms with E-state index >= 15 is 0 Å². The number of carbonyl (C=O) groups is 1. The molecule has 2 heterocycles. The molecule has 0 spiro atoms. The third kappa shape index (κ3) is 3.39. The van der Waals surface area contributed by atoms with Crippen LogP contribution in [0, 0.1) is 0 Å². The quantitative estimate of drug-likeness (QED) is 0.744. The first-order chi connectivity index (χ1) is 9.19. The molecule has 2 unspecified atom stereocenters. The van der Waals surface area contributed by atoms with Crippen LogP contribution in [0.15, 0.2) is 10.7 Å². The number of aryl methyl sites for hydroxylation is 1. The second kappa shape index (κ2) is 7.18. The van der Waals surface area contributed by atoms with E-state index in [0.717, 1.165) is 41.1 Å². The van der Waals surface area contributed by atoms with Crippen molar-refractivity contribution in [3.8, 4) is 0 Å². The zero-order chi connectivity index (χ0) is 13.8. The second-order valence-corrected chi connectivity index (χ2v) is 7.99. The van der Waals surface area contributed by atoms with Crippen LogP contribution in [-0.4, -0.2) is 37.6 Å². The van der Waals surface area contributed by atoms with Crippen LogP contribution in [0.2, 0.25) is 0 Å². The predicted octanol–water partition coefficient (Wildman–Crippen LogP) is 3.87. The summed E-state index contributed by atoms with van der Waals surface area (Å²) in [5.74, 6) is 2.46. The van der Waals surface area contributed by atoms with Gasteiger partial charge in [0.2, 0.25) is 0 Å². The molecular weight excluding hydrogens is 344 g/mol. The van der Waals surface area contributed by atoms with E-state index in [9.17, 15) is 4.79 Å². The maximum atomic E-state index is 12.8. The van der Waals surface area contributed by atoms with Crippen molar-refractivity contribution < 1.29 is 4.79 Å². The number of rotatable bonds is 5. The van der Waals surface area contributed by atoms with Gasteiger partial charge in [-0.25, -0.2) is 0 Å². The molecule has 1 aromatic rings. The van der Waals surface area contributed by atoms with Crippen molar-refractivity contribution in [3.63, 3.8) is 0 Å². The van der Waals surface area contributed by atoms with E-state index < -0.39 is 0 Å². The molecular formula is C13H19BrN2OS2. The van der Waals surface area contributed by atoms with Gasteiger partial charge in [0.05, 0.1) is 15.9 Å². The van der Waals surface area contributed by atoms with E-state index in [1.165, 1.54) is 0 Å². The Bertz CT molecular complexity index is 450. The number of ketones is 1. The molecule has 2 atom stereocenters. The predicted molar refractivity (Wildman–Crippen MR) is 87.3 cm³/mol. The Hall–Kier alpha value is 0.0600. The van der Waals surface area contributed by atoms with Crippen molar-refractivity contribution in [1.29, 1.82) is 0 Å². The molecule has 0 aliphatic carbocycles. The summed E-state index contributed by atoms with van der Waals surface area (Å²) in [4.78, 5) is 12.8. The topological polar surface area (TPSA) is 34.9 Å². The minimum atomic E-state index is 0.0763. The van der Waals surface area contributed by atoms with Crippen LogP contribution < -0.4 is 0 Å². The first-order valence-corrected chi connectivity index (χ1v) is 9.56. The molecule has 3 nitrogen and oxygen atoms in total. The Kier molecular flexibility index (Phi) is 5.84. The lowest BCUT2D eigenvalue weighted by Gasteiger charge is -2.28. The highest BCUT2D eigenvalue weighted by Crippen LogP contribution is 2.36. The summed E-state index contributed by atoms with van der Waals surface area (Å²) in [7, 11) is 0. The molecule has 0 saturated carbocycles. The summed E-state index contributed by atoms with van der Waals surface area (Å²) in [6, 6.07) is 0. The van der Waals surface area contributed by atoms with Gasteiger partial charge in [-0.1, -0.05) is 13.8 Å². The highest BCUT2D eigenvalue weighted by atomic mass is 79.9. The lowest BCUT2D eigenvalue weighted by Crippen LogP contribution is -2.34. The molecule has 106 valence electrons. The smallest absolute Gasteiger partial charge is 0.196 e. The lowest BCUT2D eigenvalue weighted by molar-refractivity contribution is 0.0976. The van der Waals surface area contributed by atoms with Gasteiger partial charge in [-0.05, 0) is 28.8 Å². The molecule has 1 aliphatic rings. The standard InChI is InChI=1S/C13H19BrN2OS2/c1-3-5-16-11(9(14)8-15-16)12(17)13-10(4-2)18-6-7-19-13/h8,10,13H,3-7H2,1-2H3. The summed E-state index contributed by atoms with van der Waals surface area (Å²) < 4.78 is 2.68. The fourth-order valence-corrected chi connectivity index (χ4v) is 5.76. The average Bonchev–Trinajstić information content (AvgIpc) is 2.79. The number of nitrogens with zero attached hydrogens (tertiary/aromatic N) is 2. The van der Waals surface area contributed by atoms with Crippen molar-refractivity contribution >= 4 is 45.2 Å². The minimum Gasteiger partial charge on any atom is -0.291 e. The van der Waals surface area contributed by atoms with Crippen molar-refractivity contribution in [2.24, 2.45) is 0 Å². The van der Waals surface area contributed by atoms with Gasteiger partial charge in [0, 0.05) is 23.3 Å². The van der Waals surface area contributed by atoms with Crippen LogP contribution in [0.3, 0.4) is 0 Å². The van der Waals surface area contributed by atoms with Crippen LogP contribution >= 0.6 is 39.5 Å². The van der Waals surface area contributed by atoms with Crippen LogP contribution in [-0.2, 0) is 6.54 Å². The Morgan fingerprint density at radius 2 is 2.21 bits per heavy atom. The number of halogens is 1. The Morgan fingerprint density at radius 1 is 1.47 bits per heavy atom. The Labute approximate surface area is 131 Å². The van der Waals surface area contributed by atoms with Gasteiger partial charge in [0.1, 0.15) is 5.69 Å². The van der Waals surface area contributed by atoms with Crippen molar-refractivity contribution in [1.82, 2.24) is 9.78 Å². The largest absolute Gasteiger partial charge is 0.291 e. The summed E-state index contributed by atoms with van der Waals surface area (Å²) in [6.45, 7) is 5.07. The van der Waals surface area contributed by atoms with E-state index in [1.54, 1.807) is 18.0 Å². The normalized spacial score (nSPS) is 23.5. The van der Waals surface area contributed by atoms with Gasteiger partial charge in [0.25, 0.3) is 0 Å². The van der Waals surface area contributed by atoms with E-state index in [1.807, 2.05) is 16.4 Å². The van der Waals surface area contributed by atoms with E-state index in [0.29, 0.717) is 5.25 Å². The molecule has 6 heteroatoms. The number of aromatic nitrogens is 2. The monoisotopic (exact) mass is 362 g/mol. The van der Waals surface area contributed by atoms with Gasteiger partial charge in [-0.3, -0.25) is 9.48 Å². The minimum absolute atomic E-state index is 0.0763. The summed E-state index contributed by atoms with van der Waals surface area (Å²) in [5.41, 5.74) is 0.750. The van der Waals surface area contributed by atoms with Gasteiger partial charge in [-0.15, -0.1) is 11.8 Å². The SMILES string of the molecule is CCCn1ncc(Br)c1C(=O)C1SCCSC1CC. The van der Waals surface area contributed by atoms with Gasteiger partial charge >= 0.3 is 0 Å². The number of Topliss-reactive ketones (excluding diaryl/α,β-unsaturated/α-hetero) is 1. The fraction of sp³-hybridized carbons (Fsp3) is 0.692. The maximum Gasteiger partial charge on any atom is 0.196 e. The third-order valence-corrected chi connectivity index (χ3v) is 7.00. The number of hydrogen-bond donors (Lipinski definition) is 0. The summed E-state index contributed by atoms with van der Waals surface area (Å²) in [5, 5.41) is 4.81. The Balaban J connectivity index is 2.24. The molecule has 1 fully saturated rings. The van der Waals surface area contributed by atoms with Crippen LogP contribution in [0.1, 0.15) is 37.2 Å². The van der Waals surface area contributed by atoms with Crippen LogP contribution in [0.4, 0.5) is 0 Å². The number of thioether (sulfide) groups is 2. The maximum absolute atomic E-state index is 12.8. The molecule has 19 heavy (non-hydrogen) atoms. The van der Waals surface area contributed by atoms with E-state index in [4.69, 9.17) is 0 Å². The van der Waals surface area contributed by atoms with Crippen molar-refractivity contribution in [3.05, 3.63) is 16.4 Å². The lowest BCUT2D eigenvalue weighted by atomic mass is 10.1. The molecule has 1 aromatic heterocycles. The zero-order valence-electron chi connectivity index (χ0n) is 11.3. The molecule has 0 aromatic carbocycles. The summed E-state index contributed by atoms with van der Waals surface area (Å²) >= 11 is 7.22. The van der Waals surface area contributed by atoms with E-state index in [-0.39, 0.29) is 11.0 Å². The second-order valence-electron chi connectivity index (χ2n) is 4.54.